The summed E-state index contributed by atoms with van der Waals surface area (Å²) in [6.07, 6.45) is 4.28. The molecule has 0 aromatic heterocycles. The first-order valence-corrected chi connectivity index (χ1v) is 6.10. The van der Waals surface area contributed by atoms with Crippen LogP contribution in [0.3, 0.4) is 0 Å². The summed E-state index contributed by atoms with van der Waals surface area (Å²) >= 11 is 0. The fraction of sp³-hybridized carbons (Fsp3) is 0.467. The number of carbonyl (C=O) groups is 2. The van der Waals surface area contributed by atoms with Crippen LogP contribution < -0.4 is 0 Å². The molecule has 0 spiro atoms. The van der Waals surface area contributed by atoms with E-state index >= 15 is 0 Å². The van der Waals surface area contributed by atoms with Gasteiger partial charge in [0.1, 0.15) is 0 Å². The van der Waals surface area contributed by atoms with Crippen molar-refractivity contribution in [3.8, 4) is 0 Å². The maximum atomic E-state index is 11.3. The molecule has 2 heteroatoms. The third-order valence-corrected chi connectivity index (χ3v) is 3.13. The zero-order chi connectivity index (χ0) is 12.7. The van der Waals surface area contributed by atoms with Crippen LogP contribution >= 0.6 is 0 Å². The SMILES string of the molecule is CC(C)(CCCCc1ccccc1)C(=O)C=O. The van der Waals surface area contributed by atoms with Crippen LogP contribution in [0.1, 0.15) is 38.7 Å². The summed E-state index contributed by atoms with van der Waals surface area (Å²) in [6.45, 7) is 3.68. The molecular weight excluding hydrogens is 212 g/mol. The van der Waals surface area contributed by atoms with Crippen molar-refractivity contribution in [1.29, 1.82) is 0 Å². The molecular formula is C15H20O2. The normalized spacial score (nSPS) is 11.2. The third-order valence-electron chi connectivity index (χ3n) is 3.13. The van der Waals surface area contributed by atoms with Crippen molar-refractivity contribution >= 4 is 12.1 Å². The molecule has 92 valence electrons. The minimum absolute atomic E-state index is 0.294. The van der Waals surface area contributed by atoms with E-state index < -0.39 is 5.41 Å². The molecule has 1 aromatic rings. The van der Waals surface area contributed by atoms with E-state index in [1.54, 1.807) is 0 Å². The minimum atomic E-state index is -0.502. The highest BCUT2D eigenvalue weighted by Crippen LogP contribution is 2.24. The molecule has 17 heavy (non-hydrogen) atoms. The zero-order valence-electron chi connectivity index (χ0n) is 10.6. The van der Waals surface area contributed by atoms with Crippen LogP contribution in [0.2, 0.25) is 0 Å². The minimum Gasteiger partial charge on any atom is -0.295 e. The summed E-state index contributed by atoms with van der Waals surface area (Å²) in [5.41, 5.74) is 0.824. The van der Waals surface area contributed by atoms with Gasteiger partial charge in [-0.25, -0.2) is 0 Å². The second-order valence-corrected chi connectivity index (χ2v) is 5.06. The number of aldehydes is 1. The Labute approximate surface area is 103 Å². The molecule has 1 aromatic carbocycles. The first-order chi connectivity index (χ1) is 8.06. The molecule has 0 heterocycles. The van der Waals surface area contributed by atoms with E-state index in [9.17, 15) is 9.59 Å². The number of carbonyl (C=O) groups excluding carboxylic acids is 2. The predicted octanol–water partition coefficient (Wildman–Crippen LogP) is 3.19. The molecule has 0 aliphatic heterocycles. The van der Waals surface area contributed by atoms with Crippen molar-refractivity contribution < 1.29 is 9.59 Å². The van der Waals surface area contributed by atoms with E-state index in [4.69, 9.17) is 0 Å². The second kappa shape index (κ2) is 6.33. The van der Waals surface area contributed by atoms with Crippen LogP contribution in [0.5, 0.6) is 0 Å². The Hall–Kier alpha value is -1.44. The van der Waals surface area contributed by atoms with Crippen LogP contribution in [0.4, 0.5) is 0 Å². The van der Waals surface area contributed by atoms with Crippen molar-refractivity contribution in [2.45, 2.75) is 39.5 Å². The van der Waals surface area contributed by atoms with Crippen molar-refractivity contribution in [3.05, 3.63) is 35.9 Å². The standard InChI is InChI=1S/C15H20O2/c1-15(2,14(17)12-16)11-7-6-10-13-8-4-3-5-9-13/h3-5,8-9,12H,6-7,10-11H2,1-2H3. The molecule has 0 fully saturated rings. The highest BCUT2D eigenvalue weighted by Gasteiger charge is 2.25. The fourth-order valence-electron chi connectivity index (χ4n) is 1.82. The van der Waals surface area contributed by atoms with Crippen molar-refractivity contribution in [2.24, 2.45) is 5.41 Å². The Morgan fingerprint density at radius 2 is 1.82 bits per heavy atom. The lowest BCUT2D eigenvalue weighted by Gasteiger charge is -2.19. The average molecular weight is 232 g/mol. The first-order valence-electron chi connectivity index (χ1n) is 6.10. The molecule has 1 rings (SSSR count). The van der Waals surface area contributed by atoms with E-state index in [2.05, 4.69) is 12.1 Å². The molecule has 0 atom stereocenters. The number of benzene rings is 1. The largest absolute Gasteiger partial charge is 0.295 e. The third kappa shape index (κ3) is 4.51. The molecule has 0 unspecified atom stereocenters. The number of hydrogen-bond acceptors (Lipinski definition) is 2. The molecule has 0 aliphatic rings. The topological polar surface area (TPSA) is 34.1 Å². The monoisotopic (exact) mass is 232 g/mol. The van der Waals surface area contributed by atoms with Crippen LogP contribution in [0, 0.1) is 5.41 Å². The van der Waals surface area contributed by atoms with Crippen LogP contribution in [0.25, 0.3) is 0 Å². The maximum Gasteiger partial charge on any atom is 0.200 e. The van der Waals surface area contributed by atoms with E-state index in [1.165, 1.54) is 5.56 Å². The van der Waals surface area contributed by atoms with Crippen molar-refractivity contribution in [1.82, 2.24) is 0 Å². The van der Waals surface area contributed by atoms with Gasteiger partial charge in [0.15, 0.2) is 6.29 Å². The van der Waals surface area contributed by atoms with Gasteiger partial charge in [0.05, 0.1) is 0 Å². The van der Waals surface area contributed by atoms with E-state index in [1.807, 2.05) is 32.0 Å². The Morgan fingerprint density at radius 3 is 2.41 bits per heavy atom. The van der Waals surface area contributed by atoms with Gasteiger partial charge in [-0.05, 0) is 24.8 Å². The molecule has 2 nitrogen and oxygen atoms in total. The lowest BCUT2D eigenvalue weighted by atomic mass is 9.83. The van der Waals surface area contributed by atoms with Crippen LogP contribution in [0.15, 0.2) is 30.3 Å². The smallest absolute Gasteiger partial charge is 0.200 e. The Morgan fingerprint density at radius 1 is 1.18 bits per heavy atom. The molecule has 0 aliphatic carbocycles. The highest BCUT2D eigenvalue weighted by atomic mass is 16.2. The lowest BCUT2D eigenvalue weighted by Crippen LogP contribution is -2.25. The quantitative estimate of drug-likeness (QED) is 0.411. The van der Waals surface area contributed by atoms with Gasteiger partial charge in [-0.15, -0.1) is 0 Å². The summed E-state index contributed by atoms with van der Waals surface area (Å²) in [6, 6.07) is 10.3. The molecule has 0 bridgehead atoms. The molecule has 0 radical (unpaired) electrons. The number of unbranched alkanes of at least 4 members (excludes halogenated alkanes) is 1. The summed E-state index contributed by atoms with van der Waals surface area (Å²) < 4.78 is 0. The van der Waals surface area contributed by atoms with E-state index in [0.717, 1.165) is 25.7 Å². The molecule has 0 saturated heterocycles. The van der Waals surface area contributed by atoms with Crippen LogP contribution in [-0.2, 0) is 16.0 Å². The van der Waals surface area contributed by atoms with Crippen LogP contribution in [-0.4, -0.2) is 12.1 Å². The van der Waals surface area contributed by atoms with Crippen molar-refractivity contribution in [3.63, 3.8) is 0 Å². The predicted molar refractivity (Wildman–Crippen MR) is 68.8 cm³/mol. The molecule has 0 saturated carbocycles. The first kappa shape index (κ1) is 13.6. The molecule has 0 amide bonds. The van der Waals surface area contributed by atoms with Crippen molar-refractivity contribution in [2.75, 3.05) is 0 Å². The second-order valence-electron chi connectivity index (χ2n) is 5.06. The van der Waals surface area contributed by atoms with Gasteiger partial charge in [0.25, 0.3) is 0 Å². The summed E-state index contributed by atoms with van der Waals surface area (Å²) in [4.78, 5) is 21.8. The van der Waals surface area contributed by atoms with Gasteiger partial charge in [-0.1, -0.05) is 50.6 Å². The van der Waals surface area contributed by atoms with Gasteiger partial charge in [0, 0.05) is 5.41 Å². The number of hydrogen-bond donors (Lipinski definition) is 0. The lowest BCUT2D eigenvalue weighted by molar-refractivity contribution is -0.135. The fourth-order valence-corrected chi connectivity index (χ4v) is 1.82. The van der Waals surface area contributed by atoms with E-state index in [-0.39, 0.29) is 5.78 Å². The van der Waals surface area contributed by atoms with Gasteiger partial charge < -0.3 is 0 Å². The Bertz CT molecular complexity index is 366. The number of ketones is 1. The molecule has 0 N–H and O–H groups in total. The Balaban J connectivity index is 2.29. The maximum absolute atomic E-state index is 11.3. The highest BCUT2D eigenvalue weighted by molar-refractivity contribution is 6.27. The van der Waals surface area contributed by atoms with Gasteiger partial charge in [0.2, 0.25) is 5.78 Å². The summed E-state index contributed by atoms with van der Waals surface area (Å²) in [5.74, 6) is -0.294. The van der Waals surface area contributed by atoms with Gasteiger partial charge in [-0.3, -0.25) is 9.59 Å². The average Bonchev–Trinajstić information content (AvgIpc) is 2.35. The number of rotatable bonds is 7. The van der Waals surface area contributed by atoms with Gasteiger partial charge >= 0.3 is 0 Å². The zero-order valence-corrected chi connectivity index (χ0v) is 10.6. The number of aryl methyl sites for hydroxylation is 1. The summed E-state index contributed by atoms with van der Waals surface area (Å²) in [5, 5.41) is 0. The van der Waals surface area contributed by atoms with E-state index in [0.29, 0.717) is 6.29 Å². The Kier molecular flexibility index (Phi) is 5.08. The number of Topliss-reactive ketones (excluding diaryl/α,β-unsaturated/α-hetero) is 1. The summed E-state index contributed by atoms with van der Waals surface area (Å²) in [7, 11) is 0. The van der Waals surface area contributed by atoms with Gasteiger partial charge in [-0.2, -0.15) is 0 Å².